The van der Waals surface area contributed by atoms with Crippen LogP contribution in [0.1, 0.15) is 22.8 Å². The number of amides is 2. The lowest BCUT2D eigenvalue weighted by Crippen LogP contribution is -2.19. The van der Waals surface area contributed by atoms with Gasteiger partial charge in [0.1, 0.15) is 5.75 Å². The Kier molecular flexibility index (Phi) is 6.79. The highest BCUT2D eigenvalue weighted by Gasteiger charge is 2.21. The number of anilines is 3. The van der Waals surface area contributed by atoms with E-state index in [0.29, 0.717) is 22.7 Å². The molecule has 9 heteroatoms. The van der Waals surface area contributed by atoms with E-state index in [4.69, 9.17) is 4.74 Å². The van der Waals surface area contributed by atoms with Gasteiger partial charge in [-0.3, -0.25) is 14.3 Å². The minimum atomic E-state index is -4.04. The largest absolute Gasteiger partial charge is 0.497 e. The topological polar surface area (TPSA) is 114 Å². The Labute approximate surface area is 186 Å². The summed E-state index contributed by atoms with van der Waals surface area (Å²) in [6.45, 7) is 2.98. The molecule has 0 unspecified atom stereocenters. The maximum absolute atomic E-state index is 13.1. The van der Waals surface area contributed by atoms with E-state index in [9.17, 15) is 18.0 Å². The van der Waals surface area contributed by atoms with Crippen LogP contribution in [0.3, 0.4) is 0 Å². The molecule has 3 rings (SSSR count). The second-order valence-corrected chi connectivity index (χ2v) is 8.65. The number of sulfonamides is 1. The van der Waals surface area contributed by atoms with Gasteiger partial charge in [-0.05, 0) is 61.0 Å². The molecule has 3 N–H and O–H groups in total. The number of nitrogens with one attached hydrogen (secondary N) is 3. The monoisotopic (exact) mass is 453 g/mol. The molecule has 0 aromatic heterocycles. The van der Waals surface area contributed by atoms with Gasteiger partial charge in [0.2, 0.25) is 5.91 Å². The molecular formula is C23H23N3O5S. The van der Waals surface area contributed by atoms with E-state index in [2.05, 4.69) is 15.4 Å². The van der Waals surface area contributed by atoms with E-state index < -0.39 is 15.9 Å². The Morgan fingerprint density at radius 3 is 2.19 bits per heavy atom. The van der Waals surface area contributed by atoms with Crippen LogP contribution in [0.4, 0.5) is 17.1 Å². The number of rotatable bonds is 7. The number of methoxy groups -OCH3 is 1. The first-order chi connectivity index (χ1) is 15.2. The minimum absolute atomic E-state index is 0.00545. The summed E-state index contributed by atoms with van der Waals surface area (Å²) in [5.74, 6) is -0.143. The van der Waals surface area contributed by atoms with Gasteiger partial charge in [-0.25, -0.2) is 8.42 Å². The maximum Gasteiger partial charge on any atom is 0.262 e. The molecular weight excluding hydrogens is 430 g/mol. The maximum atomic E-state index is 13.1. The normalized spacial score (nSPS) is 10.8. The fraction of sp³-hybridized carbons (Fsp3) is 0.130. The predicted octanol–water partition coefficient (Wildman–Crippen LogP) is 4.02. The molecule has 0 atom stereocenters. The van der Waals surface area contributed by atoms with Crippen LogP contribution in [0.15, 0.2) is 71.6 Å². The summed E-state index contributed by atoms with van der Waals surface area (Å²) >= 11 is 0. The van der Waals surface area contributed by atoms with Crippen molar-refractivity contribution in [1.82, 2.24) is 0 Å². The summed E-state index contributed by atoms with van der Waals surface area (Å²) in [7, 11) is -2.49. The quantitative estimate of drug-likeness (QED) is 0.500. The number of hydrogen-bond donors (Lipinski definition) is 3. The van der Waals surface area contributed by atoms with Crippen LogP contribution in [0, 0.1) is 6.92 Å². The first-order valence-electron chi connectivity index (χ1n) is 9.65. The summed E-state index contributed by atoms with van der Waals surface area (Å²) in [5.41, 5.74) is 1.67. The standard InChI is InChI=1S/C23H23N3O5S/c1-15-8-9-18(24-16(2)27)14-22(15)32(29,30)26-21-7-5-4-6-20(21)23(28)25-17-10-12-19(31-3)13-11-17/h4-14,26H,1-3H3,(H,24,27)(H,25,28). The van der Waals surface area contributed by atoms with Crippen LogP contribution in [-0.2, 0) is 14.8 Å². The molecule has 0 aliphatic rings. The van der Waals surface area contributed by atoms with E-state index >= 15 is 0 Å². The Bertz CT molecular complexity index is 1250. The zero-order valence-electron chi connectivity index (χ0n) is 17.8. The molecule has 2 amide bonds. The zero-order chi connectivity index (χ0) is 23.3. The third kappa shape index (κ3) is 5.44. The van der Waals surface area contributed by atoms with Gasteiger partial charge < -0.3 is 15.4 Å². The van der Waals surface area contributed by atoms with Crippen LogP contribution in [0.5, 0.6) is 5.75 Å². The molecule has 8 nitrogen and oxygen atoms in total. The van der Waals surface area contributed by atoms with E-state index in [1.807, 2.05) is 0 Å². The lowest BCUT2D eigenvalue weighted by atomic mass is 10.1. The molecule has 166 valence electrons. The van der Waals surface area contributed by atoms with Crippen LogP contribution < -0.4 is 20.1 Å². The average molecular weight is 454 g/mol. The molecule has 0 aliphatic carbocycles. The molecule has 3 aromatic rings. The van der Waals surface area contributed by atoms with Gasteiger partial charge in [0.05, 0.1) is 23.3 Å². The lowest BCUT2D eigenvalue weighted by molar-refractivity contribution is -0.114. The Balaban J connectivity index is 1.88. The van der Waals surface area contributed by atoms with Gasteiger partial charge in [0, 0.05) is 18.3 Å². The summed E-state index contributed by atoms with van der Waals surface area (Å²) in [4.78, 5) is 24.2. The molecule has 0 saturated carbocycles. The fourth-order valence-corrected chi connectivity index (χ4v) is 4.36. The number of para-hydroxylation sites is 1. The summed E-state index contributed by atoms with van der Waals surface area (Å²) in [6.07, 6.45) is 0. The molecule has 32 heavy (non-hydrogen) atoms. The van der Waals surface area contributed by atoms with Gasteiger partial charge in [-0.1, -0.05) is 18.2 Å². The van der Waals surface area contributed by atoms with E-state index in [0.717, 1.165) is 0 Å². The highest BCUT2D eigenvalue weighted by atomic mass is 32.2. The molecule has 0 bridgehead atoms. The Morgan fingerprint density at radius 1 is 0.875 bits per heavy atom. The Morgan fingerprint density at radius 2 is 1.53 bits per heavy atom. The van der Waals surface area contributed by atoms with Crippen LogP contribution >= 0.6 is 0 Å². The second-order valence-electron chi connectivity index (χ2n) is 7.00. The van der Waals surface area contributed by atoms with Crippen molar-refractivity contribution in [2.75, 3.05) is 22.5 Å². The van der Waals surface area contributed by atoms with E-state index in [-0.39, 0.29) is 22.1 Å². The number of hydrogen-bond acceptors (Lipinski definition) is 5. The number of carbonyl (C=O) groups excluding carboxylic acids is 2. The van der Waals surface area contributed by atoms with Gasteiger partial charge >= 0.3 is 0 Å². The third-order valence-electron chi connectivity index (χ3n) is 4.56. The number of aryl methyl sites for hydroxylation is 1. The molecule has 0 aliphatic heterocycles. The van der Waals surface area contributed by atoms with E-state index in [1.54, 1.807) is 62.6 Å². The van der Waals surface area contributed by atoms with Crippen molar-refractivity contribution in [2.45, 2.75) is 18.7 Å². The highest BCUT2D eigenvalue weighted by molar-refractivity contribution is 7.92. The van der Waals surface area contributed by atoms with Crippen molar-refractivity contribution in [2.24, 2.45) is 0 Å². The number of carbonyl (C=O) groups is 2. The van der Waals surface area contributed by atoms with Crippen molar-refractivity contribution in [3.8, 4) is 5.75 Å². The fourth-order valence-electron chi connectivity index (χ4n) is 3.01. The van der Waals surface area contributed by atoms with Crippen molar-refractivity contribution < 1.29 is 22.7 Å². The van der Waals surface area contributed by atoms with Crippen molar-refractivity contribution in [1.29, 1.82) is 0 Å². The number of benzene rings is 3. The smallest absolute Gasteiger partial charge is 0.262 e. The van der Waals surface area contributed by atoms with Gasteiger partial charge in [0.15, 0.2) is 0 Å². The first kappa shape index (κ1) is 22.8. The SMILES string of the molecule is COc1ccc(NC(=O)c2ccccc2NS(=O)(=O)c2cc(NC(C)=O)ccc2C)cc1. The second kappa shape index (κ2) is 9.52. The van der Waals surface area contributed by atoms with E-state index in [1.165, 1.54) is 25.1 Å². The molecule has 0 spiro atoms. The molecule has 0 saturated heterocycles. The van der Waals surface area contributed by atoms with Crippen molar-refractivity contribution in [3.05, 3.63) is 77.9 Å². The summed E-state index contributed by atoms with van der Waals surface area (Å²) < 4.78 is 33.8. The van der Waals surface area contributed by atoms with Crippen LogP contribution in [0.25, 0.3) is 0 Å². The van der Waals surface area contributed by atoms with Crippen LogP contribution in [-0.4, -0.2) is 27.3 Å². The average Bonchev–Trinajstić information content (AvgIpc) is 2.75. The summed E-state index contributed by atoms with van der Waals surface area (Å²) in [6, 6.07) is 17.7. The van der Waals surface area contributed by atoms with Gasteiger partial charge in [-0.2, -0.15) is 0 Å². The molecule has 0 fully saturated rings. The predicted molar refractivity (Wildman–Crippen MR) is 124 cm³/mol. The highest BCUT2D eigenvalue weighted by Crippen LogP contribution is 2.25. The first-order valence-corrected chi connectivity index (χ1v) is 11.1. The van der Waals surface area contributed by atoms with Crippen molar-refractivity contribution in [3.63, 3.8) is 0 Å². The van der Waals surface area contributed by atoms with Crippen molar-refractivity contribution >= 4 is 38.9 Å². The van der Waals surface area contributed by atoms with Crippen LogP contribution in [0.2, 0.25) is 0 Å². The summed E-state index contributed by atoms with van der Waals surface area (Å²) in [5, 5.41) is 5.31. The number of ether oxygens (including phenoxy) is 1. The van der Waals surface area contributed by atoms with Gasteiger partial charge in [0.25, 0.3) is 15.9 Å². The zero-order valence-corrected chi connectivity index (χ0v) is 18.6. The molecule has 3 aromatic carbocycles. The molecule has 0 radical (unpaired) electrons. The molecule has 0 heterocycles. The lowest BCUT2D eigenvalue weighted by Gasteiger charge is -2.15. The minimum Gasteiger partial charge on any atom is -0.497 e. The third-order valence-corrected chi connectivity index (χ3v) is 6.07. The van der Waals surface area contributed by atoms with Gasteiger partial charge in [-0.15, -0.1) is 0 Å². The Hall–Kier alpha value is -3.85.